The van der Waals surface area contributed by atoms with Crippen LogP contribution in [-0.2, 0) is 4.79 Å². The number of hydrogen-bond acceptors (Lipinski definition) is 1. The fraction of sp³-hybridized carbons (Fsp3) is 0.364. The third-order valence-corrected chi connectivity index (χ3v) is 1.86. The Hall–Kier alpha value is -1.52. The van der Waals surface area contributed by atoms with Gasteiger partial charge in [0.2, 0.25) is 5.91 Å². The van der Waals surface area contributed by atoms with E-state index in [9.17, 15) is 18.0 Å². The van der Waals surface area contributed by atoms with Gasteiger partial charge in [0.05, 0.1) is 0 Å². The Kier molecular flexibility index (Phi) is 3.93. The maximum absolute atomic E-state index is 12.8. The van der Waals surface area contributed by atoms with Crippen LogP contribution in [0.1, 0.15) is 20.3 Å². The van der Waals surface area contributed by atoms with Gasteiger partial charge in [-0.2, -0.15) is 0 Å². The summed E-state index contributed by atoms with van der Waals surface area (Å²) in [6, 6.07) is 1.49. The summed E-state index contributed by atoms with van der Waals surface area (Å²) >= 11 is 0. The number of carbonyl (C=O) groups excluding carboxylic acids is 1. The van der Waals surface area contributed by atoms with E-state index in [0.29, 0.717) is 0 Å². The summed E-state index contributed by atoms with van der Waals surface area (Å²) in [5.41, 5.74) is -0.0814. The second-order valence-corrected chi connectivity index (χ2v) is 3.90. The summed E-state index contributed by atoms with van der Waals surface area (Å²) in [4.78, 5) is 11.3. The predicted octanol–water partition coefficient (Wildman–Crippen LogP) is 3.09. The van der Waals surface area contributed by atoms with E-state index in [1.54, 1.807) is 0 Å². The van der Waals surface area contributed by atoms with Crippen LogP contribution in [0.3, 0.4) is 0 Å². The normalized spacial score (nSPS) is 10.6. The molecule has 0 radical (unpaired) electrons. The summed E-state index contributed by atoms with van der Waals surface area (Å²) < 4.78 is 38.2. The molecule has 1 rings (SSSR count). The van der Waals surface area contributed by atoms with Crippen LogP contribution in [0.25, 0.3) is 0 Å². The molecule has 0 aliphatic carbocycles. The van der Waals surface area contributed by atoms with Crippen molar-refractivity contribution in [3.05, 3.63) is 29.6 Å². The summed E-state index contributed by atoms with van der Waals surface area (Å²) in [5, 5.41) is 2.30. The van der Waals surface area contributed by atoms with Gasteiger partial charge in [-0.25, -0.2) is 13.2 Å². The van der Waals surface area contributed by atoms with Crippen LogP contribution in [0.4, 0.5) is 18.9 Å². The molecule has 16 heavy (non-hydrogen) atoms. The number of carbonyl (C=O) groups is 1. The Bertz CT molecular complexity index is 381. The van der Waals surface area contributed by atoms with Gasteiger partial charge in [0, 0.05) is 24.2 Å². The number of hydrogen-bond donors (Lipinski definition) is 1. The monoisotopic (exact) mass is 231 g/mol. The Balaban J connectivity index is 2.79. The Morgan fingerprint density at radius 3 is 2.19 bits per heavy atom. The summed E-state index contributed by atoms with van der Waals surface area (Å²) in [6.07, 6.45) is 0.237. The molecular formula is C11H12F3NO. The maximum atomic E-state index is 12.8. The number of nitrogens with one attached hydrogen (secondary N) is 1. The molecular weight excluding hydrogens is 219 g/mol. The van der Waals surface area contributed by atoms with Gasteiger partial charge in [0.1, 0.15) is 0 Å². The van der Waals surface area contributed by atoms with E-state index < -0.39 is 17.5 Å². The van der Waals surface area contributed by atoms with Crippen molar-refractivity contribution >= 4 is 11.6 Å². The molecule has 0 unspecified atom stereocenters. The molecule has 1 aromatic rings. The summed E-state index contributed by atoms with van der Waals surface area (Å²) in [7, 11) is 0. The van der Waals surface area contributed by atoms with Crippen LogP contribution in [0.15, 0.2) is 12.1 Å². The van der Waals surface area contributed by atoms with Gasteiger partial charge < -0.3 is 5.32 Å². The highest BCUT2D eigenvalue weighted by molar-refractivity contribution is 5.90. The van der Waals surface area contributed by atoms with Crippen molar-refractivity contribution < 1.29 is 18.0 Å². The zero-order valence-corrected chi connectivity index (χ0v) is 8.98. The topological polar surface area (TPSA) is 29.1 Å². The second kappa shape index (κ2) is 5.01. The molecule has 1 amide bonds. The van der Waals surface area contributed by atoms with Crippen LogP contribution in [-0.4, -0.2) is 5.91 Å². The molecule has 0 saturated carbocycles. The molecule has 0 atom stereocenters. The lowest BCUT2D eigenvalue weighted by molar-refractivity contribution is -0.116. The number of amides is 1. The summed E-state index contributed by atoms with van der Waals surface area (Å²) in [5.74, 6) is -4.41. The van der Waals surface area contributed by atoms with Gasteiger partial charge in [-0.15, -0.1) is 0 Å². The molecule has 2 nitrogen and oxygen atoms in total. The minimum atomic E-state index is -1.54. The van der Waals surface area contributed by atoms with Crippen molar-refractivity contribution in [2.24, 2.45) is 5.92 Å². The first-order valence-corrected chi connectivity index (χ1v) is 4.84. The van der Waals surface area contributed by atoms with Crippen LogP contribution in [0.2, 0.25) is 0 Å². The van der Waals surface area contributed by atoms with E-state index in [1.165, 1.54) is 0 Å². The average Bonchev–Trinajstić information content (AvgIpc) is 2.12. The number of benzene rings is 1. The van der Waals surface area contributed by atoms with Crippen LogP contribution in [0.5, 0.6) is 0 Å². The van der Waals surface area contributed by atoms with E-state index >= 15 is 0 Å². The van der Waals surface area contributed by atoms with Crippen molar-refractivity contribution in [3.8, 4) is 0 Å². The van der Waals surface area contributed by atoms with Crippen molar-refractivity contribution in [1.82, 2.24) is 0 Å². The number of rotatable bonds is 3. The van der Waals surface area contributed by atoms with E-state index in [1.807, 2.05) is 13.8 Å². The molecule has 1 N–H and O–H groups in total. The maximum Gasteiger partial charge on any atom is 0.224 e. The lowest BCUT2D eigenvalue weighted by atomic mass is 10.1. The molecule has 0 fully saturated rings. The van der Waals surface area contributed by atoms with E-state index in [0.717, 1.165) is 12.1 Å². The highest BCUT2D eigenvalue weighted by Gasteiger charge is 2.12. The number of anilines is 1. The van der Waals surface area contributed by atoms with E-state index in [-0.39, 0.29) is 23.9 Å². The predicted molar refractivity (Wildman–Crippen MR) is 54.4 cm³/mol. The zero-order valence-electron chi connectivity index (χ0n) is 8.98. The van der Waals surface area contributed by atoms with Crippen molar-refractivity contribution in [2.45, 2.75) is 20.3 Å². The van der Waals surface area contributed by atoms with Gasteiger partial charge in [0.15, 0.2) is 17.5 Å². The molecule has 1 aromatic carbocycles. The SMILES string of the molecule is CC(C)CC(=O)Nc1cc(F)c(F)c(F)c1. The molecule has 0 aromatic heterocycles. The first kappa shape index (κ1) is 12.5. The minimum absolute atomic E-state index is 0.0814. The van der Waals surface area contributed by atoms with Gasteiger partial charge in [-0.05, 0) is 5.92 Å². The number of halogens is 3. The van der Waals surface area contributed by atoms with Crippen LogP contribution < -0.4 is 5.32 Å². The Morgan fingerprint density at radius 2 is 1.75 bits per heavy atom. The molecule has 0 saturated heterocycles. The van der Waals surface area contributed by atoms with E-state index in [4.69, 9.17) is 0 Å². The Labute approximate surface area is 91.5 Å². The Morgan fingerprint density at radius 1 is 1.25 bits per heavy atom. The fourth-order valence-corrected chi connectivity index (χ4v) is 1.21. The van der Waals surface area contributed by atoms with Gasteiger partial charge in [-0.1, -0.05) is 13.8 Å². The highest BCUT2D eigenvalue weighted by Crippen LogP contribution is 2.17. The molecule has 0 aliphatic heterocycles. The molecule has 0 heterocycles. The third-order valence-electron chi connectivity index (χ3n) is 1.86. The zero-order chi connectivity index (χ0) is 12.3. The largest absolute Gasteiger partial charge is 0.326 e. The van der Waals surface area contributed by atoms with Gasteiger partial charge in [0.25, 0.3) is 0 Å². The standard InChI is InChI=1S/C11H12F3NO/c1-6(2)3-10(16)15-7-4-8(12)11(14)9(13)5-7/h4-6H,3H2,1-2H3,(H,15,16). The third kappa shape index (κ3) is 3.25. The van der Waals surface area contributed by atoms with Crippen LogP contribution in [0, 0.1) is 23.4 Å². The average molecular weight is 231 g/mol. The summed E-state index contributed by atoms with van der Waals surface area (Å²) in [6.45, 7) is 3.68. The molecule has 0 spiro atoms. The molecule has 0 bridgehead atoms. The minimum Gasteiger partial charge on any atom is -0.326 e. The van der Waals surface area contributed by atoms with Crippen molar-refractivity contribution in [1.29, 1.82) is 0 Å². The quantitative estimate of drug-likeness (QED) is 0.796. The second-order valence-electron chi connectivity index (χ2n) is 3.90. The van der Waals surface area contributed by atoms with Gasteiger partial charge in [-0.3, -0.25) is 4.79 Å². The molecule has 5 heteroatoms. The lowest BCUT2D eigenvalue weighted by Gasteiger charge is -2.07. The van der Waals surface area contributed by atoms with E-state index in [2.05, 4.69) is 5.32 Å². The lowest BCUT2D eigenvalue weighted by Crippen LogP contribution is -2.14. The molecule has 0 aliphatic rings. The first-order chi connectivity index (χ1) is 7.40. The first-order valence-electron chi connectivity index (χ1n) is 4.84. The highest BCUT2D eigenvalue weighted by atomic mass is 19.2. The van der Waals surface area contributed by atoms with Crippen LogP contribution >= 0.6 is 0 Å². The fourth-order valence-electron chi connectivity index (χ4n) is 1.21. The van der Waals surface area contributed by atoms with Crippen molar-refractivity contribution in [3.63, 3.8) is 0 Å². The van der Waals surface area contributed by atoms with Crippen molar-refractivity contribution in [2.75, 3.05) is 5.32 Å². The smallest absolute Gasteiger partial charge is 0.224 e. The molecule has 88 valence electrons. The van der Waals surface area contributed by atoms with Gasteiger partial charge >= 0.3 is 0 Å².